The van der Waals surface area contributed by atoms with Crippen LogP contribution < -0.4 is 5.32 Å². The molecule has 126 valence electrons. The lowest BCUT2D eigenvalue weighted by Crippen LogP contribution is -2.35. The van der Waals surface area contributed by atoms with Gasteiger partial charge in [-0.3, -0.25) is 14.9 Å². The lowest BCUT2D eigenvalue weighted by Gasteiger charge is -2.23. The van der Waals surface area contributed by atoms with Gasteiger partial charge in [-0.15, -0.1) is 0 Å². The van der Waals surface area contributed by atoms with Crippen molar-refractivity contribution in [3.8, 4) is 0 Å². The van der Waals surface area contributed by atoms with Gasteiger partial charge < -0.3 is 15.2 Å². The number of hydrogen-bond donors (Lipinski definition) is 2. The molecule has 23 heavy (non-hydrogen) atoms. The van der Waals surface area contributed by atoms with Crippen LogP contribution in [0.15, 0.2) is 18.2 Å². The highest BCUT2D eigenvalue weighted by molar-refractivity contribution is 5.72. The van der Waals surface area contributed by atoms with E-state index in [1.807, 2.05) is 0 Å². The van der Waals surface area contributed by atoms with Crippen molar-refractivity contribution in [3.63, 3.8) is 0 Å². The molecule has 0 aromatic heterocycles. The highest BCUT2D eigenvalue weighted by Gasteiger charge is 2.24. The number of carbonyl (C=O) groups is 2. The van der Waals surface area contributed by atoms with Crippen molar-refractivity contribution in [1.29, 1.82) is 0 Å². The number of benzene rings is 1. The molecule has 1 amide bonds. The number of rotatable bonds is 5. The first-order valence-corrected chi connectivity index (χ1v) is 6.96. The molecule has 0 bridgehead atoms. The third kappa shape index (κ3) is 5.93. The van der Waals surface area contributed by atoms with Gasteiger partial charge >= 0.3 is 12.1 Å². The molecule has 1 aromatic carbocycles. The predicted molar refractivity (Wildman–Crippen MR) is 82.2 cm³/mol. The number of carbonyl (C=O) groups excluding carboxylic acids is 1. The van der Waals surface area contributed by atoms with E-state index < -0.39 is 35.0 Å². The van der Waals surface area contributed by atoms with Crippen LogP contribution in [-0.2, 0) is 9.53 Å². The monoisotopic (exact) mass is 324 g/mol. The normalized spacial score (nSPS) is 12.3. The van der Waals surface area contributed by atoms with Gasteiger partial charge in [0.1, 0.15) is 5.60 Å². The standard InChI is InChI=1S/C15H20N2O6/c1-9-5-6-10(7-12(9)17(21)22)11(8-13(18)19)16-14(20)23-15(2,3)4/h5-7,11H,8H2,1-4H3,(H,16,20)(H,18,19)/t11-/m0/s1. The fraction of sp³-hybridized carbons (Fsp3) is 0.467. The maximum Gasteiger partial charge on any atom is 0.408 e. The van der Waals surface area contributed by atoms with E-state index in [0.29, 0.717) is 11.1 Å². The third-order valence-corrected chi connectivity index (χ3v) is 2.90. The summed E-state index contributed by atoms with van der Waals surface area (Å²) in [6, 6.07) is 3.40. The predicted octanol–water partition coefficient (Wildman–Crippen LogP) is 2.94. The summed E-state index contributed by atoms with van der Waals surface area (Å²) in [5, 5.41) is 22.4. The highest BCUT2D eigenvalue weighted by atomic mass is 16.6. The molecule has 0 saturated carbocycles. The maximum absolute atomic E-state index is 11.8. The first kappa shape index (κ1) is 18.4. The van der Waals surface area contributed by atoms with Crippen molar-refractivity contribution in [2.45, 2.75) is 45.8 Å². The number of nitro benzene ring substituents is 1. The summed E-state index contributed by atoms with van der Waals surface area (Å²) in [5.74, 6) is -1.14. The zero-order valence-electron chi connectivity index (χ0n) is 13.5. The Morgan fingerprint density at radius 2 is 2.00 bits per heavy atom. The van der Waals surface area contributed by atoms with Crippen LogP contribution in [0, 0.1) is 17.0 Å². The summed E-state index contributed by atoms with van der Waals surface area (Å²) in [5.41, 5.74) is -0.0959. The number of amides is 1. The molecule has 0 aliphatic carbocycles. The molecule has 0 heterocycles. The number of carboxylic acids is 1. The van der Waals surface area contributed by atoms with E-state index >= 15 is 0 Å². The van der Waals surface area contributed by atoms with Gasteiger partial charge in [-0.1, -0.05) is 12.1 Å². The number of alkyl carbamates (subject to hydrolysis) is 1. The minimum absolute atomic E-state index is 0.135. The van der Waals surface area contributed by atoms with Crippen LogP contribution in [0.5, 0.6) is 0 Å². The average Bonchev–Trinajstić information content (AvgIpc) is 2.35. The van der Waals surface area contributed by atoms with E-state index in [9.17, 15) is 19.7 Å². The number of hydrogen-bond acceptors (Lipinski definition) is 5. The van der Waals surface area contributed by atoms with E-state index in [4.69, 9.17) is 9.84 Å². The number of ether oxygens (including phenoxy) is 1. The molecule has 2 N–H and O–H groups in total. The number of aliphatic carboxylic acids is 1. The summed E-state index contributed by atoms with van der Waals surface area (Å²) < 4.78 is 5.10. The average molecular weight is 324 g/mol. The fourth-order valence-corrected chi connectivity index (χ4v) is 1.92. The minimum atomic E-state index is -1.14. The van der Waals surface area contributed by atoms with Crippen LogP contribution >= 0.6 is 0 Å². The lowest BCUT2D eigenvalue weighted by molar-refractivity contribution is -0.385. The quantitative estimate of drug-likeness (QED) is 0.635. The number of aryl methyl sites for hydroxylation is 1. The van der Waals surface area contributed by atoms with Crippen LogP contribution in [0.4, 0.5) is 10.5 Å². The molecule has 0 aliphatic rings. The van der Waals surface area contributed by atoms with Crippen LogP contribution in [0.25, 0.3) is 0 Å². The van der Waals surface area contributed by atoms with Gasteiger partial charge in [0.2, 0.25) is 0 Å². The SMILES string of the molecule is Cc1ccc([C@H](CC(=O)O)NC(=O)OC(C)(C)C)cc1[N+](=O)[O-]. The number of nitro groups is 1. The molecule has 0 spiro atoms. The third-order valence-electron chi connectivity index (χ3n) is 2.90. The molecule has 1 atom stereocenters. The number of nitrogens with zero attached hydrogens (tertiary/aromatic N) is 1. The van der Waals surface area contributed by atoms with Gasteiger partial charge in [0.05, 0.1) is 17.4 Å². The van der Waals surface area contributed by atoms with Gasteiger partial charge in [0.25, 0.3) is 5.69 Å². The summed E-state index contributed by atoms with van der Waals surface area (Å²) >= 11 is 0. The Kier molecular flexibility index (Phi) is 5.67. The Labute approximate surface area is 133 Å². The smallest absolute Gasteiger partial charge is 0.408 e. The second-order valence-electron chi connectivity index (χ2n) is 6.10. The number of carboxylic acid groups (broad SMARTS) is 1. The van der Waals surface area contributed by atoms with Gasteiger partial charge in [-0.25, -0.2) is 4.79 Å². The van der Waals surface area contributed by atoms with Gasteiger partial charge in [0, 0.05) is 11.6 Å². The molecule has 8 nitrogen and oxygen atoms in total. The van der Waals surface area contributed by atoms with E-state index in [0.717, 1.165) is 0 Å². The highest BCUT2D eigenvalue weighted by Crippen LogP contribution is 2.25. The zero-order chi connectivity index (χ0) is 17.8. The van der Waals surface area contributed by atoms with Gasteiger partial charge in [-0.05, 0) is 33.3 Å². The molecule has 0 saturated heterocycles. The van der Waals surface area contributed by atoms with E-state index in [-0.39, 0.29) is 5.69 Å². The molecular formula is C15H20N2O6. The Balaban J connectivity index is 3.07. The molecule has 1 rings (SSSR count). The van der Waals surface area contributed by atoms with E-state index in [1.54, 1.807) is 33.8 Å². The first-order valence-electron chi connectivity index (χ1n) is 6.96. The summed E-state index contributed by atoms with van der Waals surface area (Å²) in [7, 11) is 0. The van der Waals surface area contributed by atoms with Crippen molar-refractivity contribution in [3.05, 3.63) is 39.4 Å². The fourth-order valence-electron chi connectivity index (χ4n) is 1.92. The molecular weight excluding hydrogens is 304 g/mol. The Morgan fingerprint density at radius 1 is 1.39 bits per heavy atom. The second-order valence-corrected chi connectivity index (χ2v) is 6.10. The first-order chi connectivity index (χ1) is 10.5. The molecule has 0 radical (unpaired) electrons. The van der Waals surface area contributed by atoms with Crippen LogP contribution in [0.1, 0.15) is 44.4 Å². The van der Waals surface area contributed by atoms with Crippen LogP contribution in [0.2, 0.25) is 0 Å². The van der Waals surface area contributed by atoms with Crippen LogP contribution in [0.3, 0.4) is 0 Å². The summed E-state index contributed by atoms with van der Waals surface area (Å²) in [6.07, 6.45) is -1.20. The Bertz CT molecular complexity index is 621. The maximum atomic E-state index is 11.8. The molecule has 8 heteroatoms. The zero-order valence-corrected chi connectivity index (χ0v) is 13.5. The minimum Gasteiger partial charge on any atom is -0.481 e. The summed E-state index contributed by atoms with van der Waals surface area (Å²) in [6.45, 7) is 6.61. The van der Waals surface area contributed by atoms with Gasteiger partial charge in [-0.2, -0.15) is 0 Å². The van der Waals surface area contributed by atoms with Crippen molar-refractivity contribution < 1.29 is 24.4 Å². The van der Waals surface area contributed by atoms with Crippen molar-refractivity contribution in [1.82, 2.24) is 5.32 Å². The second kappa shape index (κ2) is 7.08. The largest absolute Gasteiger partial charge is 0.481 e. The van der Waals surface area contributed by atoms with Gasteiger partial charge in [0.15, 0.2) is 0 Å². The van der Waals surface area contributed by atoms with E-state index in [1.165, 1.54) is 12.1 Å². The summed E-state index contributed by atoms with van der Waals surface area (Å²) in [4.78, 5) is 33.3. The van der Waals surface area contributed by atoms with Crippen molar-refractivity contribution in [2.75, 3.05) is 0 Å². The molecule has 1 aromatic rings. The molecule has 0 unspecified atom stereocenters. The van der Waals surface area contributed by atoms with Crippen molar-refractivity contribution in [2.24, 2.45) is 0 Å². The van der Waals surface area contributed by atoms with Crippen LogP contribution in [-0.4, -0.2) is 27.7 Å². The molecule has 0 fully saturated rings. The van der Waals surface area contributed by atoms with Crippen molar-refractivity contribution >= 4 is 17.7 Å². The molecule has 0 aliphatic heterocycles. The number of nitrogens with one attached hydrogen (secondary N) is 1. The van der Waals surface area contributed by atoms with E-state index in [2.05, 4.69) is 5.32 Å². The Morgan fingerprint density at radius 3 is 2.48 bits per heavy atom. The lowest BCUT2D eigenvalue weighted by atomic mass is 10.0. The Hall–Kier alpha value is -2.64. The topological polar surface area (TPSA) is 119 Å².